The van der Waals surface area contributed by atoms with Crippen molar-refractivity contribution in [1.29, 1.82) is 0 Å². The standard InChI is InChI=1S/C9H9ClF2N2O2/c1-16-6(15)3-4-2-5(10)14-8(7(4)13)9(11)12/h2,9H,3,13H2,1H3. The van der Waals surface area contributed by atoms with Crippen molar-refractivity contribution >= 4 is 23.3 Å². The van der Waals surface area contributed by atoms with E-state index in [4.69, 9.17) is 17.3 Å². The number of carbonyl (C=O) groups excluding carboxylic acids is 1. The number of ether oxygens (including phenoxy) is 1. The number of hydrogen-bond acceptors (Lipinski definition) is 4. The molecule has 2 N–H and O–H groups in total. The van der Waals surface area contributed by atoms with Crippen LogP contribution < -0.4 is 5.73 Å². The molecular weight excluding hydrogens is 242 g/mol. The average Bonchev–Trinajstić information content (AvgIpc) is 2.22. The third-order valence-corrected chi connectivity index (χ3v) is 2.11. The van der Waals surface area contributed by atoms with E-state index in [-0.39, 0.29) is 22.8 Å². The van der Waals surface area contributed by atoms with Crippen molar-refractivity contribution in [3.8, 4) is 0 Å². The van der Waals surface area contributed by atoms with Crippen LogP contribution in [0.2, 0.25) is 5.15 Å². The topological polar surface area (TPSA) is 65.2 Å². The minimum absolute atomic E-state index is 0.136. The maximum Gasteiger partial charge on any atom is 0.310 e. The summed E-state index contributed by atoms with van der Waals surface area (Å²) in [4.78, 5) is 14.4. The monoisotopic (exact) mass is 250 g/mol. The van der Waals surface area contributed by atoms with E-state index < -0.39 is 18.1 Å². The summed E-state index contributed by atoms with van der Waals surface area (Å²) in [6.45, 7) is 0. The molecule has 0 fully saturated rings. The highest BCUT2D eigenvalue weighted by Gasteiger charge is 2.19. The molecule has 0 aliphatic carbocycles. The van der Waals surface area contributed by atoms with E-state index in [1.54, 1.807) is 0 Å². The van der Waals surface area contributed by atoms with Crippen LogP contribution in [-0.2, 0) is 16.0 Å². The molecule has 7 heteroatoms. The molecule has 0 saturated heterocycles. The Morgan fingerprint density at radius 1 is 1.69 bits per heavy atom. The summed E-state index contributed by atoms with van der Waals surface area (Å²) in [6.07, 6.45) is -3.06. The predicted molar refractivity (Wildman–Crippen MR) is 54.3 cm³/mol. The first-order valence-electron chi connectivity index (χ1n) is 4.25. The van der Waals surface area contributed by atoms with Crippen LogP contribution in [0.25, 0.3) is 0 Å². The average molecular weight is 251 g/mol. The molecular formula is C9H9ClF2N2O2. The van der Waals surface area contributed by atoms with E-state index in [2.05, 4.69) is 9.72 Å². The second kappa shape index (κ2) is 5.07. The maximum absolute atomic E-state index is 12.5. The number of nitrogens with two attached hydrogens (primary N) is 1. The minimum atomic E-state index is -2.84. The molecule has 0 bridgehead atoms. The lowest BCUT2D eigenvalue weighted by Crippen LogP contribution is -2.10. The molecule has 0 saturated carbocycles. The van der Waals surface area contributed by atoms with E-state index in [1.165, 1.54) is 13.2 Å². The molecule has 0 radical (unpaired) electrons. The first-order valence-corrected chi connectivity index (χ1v) is 4.63. The number of halogens is 3. The Morgan fingerprint density at radius 2 is 2.31 bits per heavy atom. The lowest BCUT2D eigenvalue weighted by molar-refractivity contribution is -0.139. The Morgan fingerprint density at radius 3 is 2.81 bits per heavy atom. The molecule has 0 unspecified atom stereocenters. The Kier molecular flexibility index (Phi) is 4.00. The number of carbonyl (C=O) groups is 1. The third kappa shape index (κ3) is 2.79. The van der Waals surface area contributed by atoms with Crippen molar-refractivity contribution in [3.05, 3.63) is 22.5 Å². The molecule has 0 aliphatic rings. The van der Waals surface area contributed by atoms with Crippen LogP contribution >= 0.6 is 11.6 Å². The number of alkyl halides is 2. The van der Waals surface area contributed by atoms with Crippen LogP contribution in [0.3, 0.4) is 0 Å². The van der Waals surface area contributed by atoms with Crippen molar-refractivity contribution in [2.24, 2.45) is 0 Å². The molecule has 0 aliphatic heterocycles. The van der Waals surface area contributed by atoms with Crippen molar-refractivity contribution in [1.82, 2.24) is 4.98 Å². The van der Waals surface area contributed by atoms with Crippen molar-refractivity contribution < 1.29 is 18.3 Å². The molecule has 1 aromatic heterocycles. The van der Waals surface area contributed by atoms with Gasteiger partial charge in [0.2, 0.25) is 0 Å². The summed E-state index contributed by atoms with van der Waals surface area (Å²) in [5.41, 5.74) is 4.78. The summed E-state index contributed by atoms with van der Waals surface area (Å²) < 4.78 is 29.4. The van der Waals surface area contributed by atoms with Gasteiger partial charge in [0.05, 0.1) is 19.2 Å². The smallest absolute Gasteiger partial charge is 0.310 e. The van der Waals surface area contributed by atoms with E-state index >= 15 is 0 Å². The van der Waals surface area contributed by atoms with Gasteiger partial charge in [0.15, 0.2) is 0 Å². The van der Waals surface area contributed by atoms with Crippen LogP contribution in [0.1, 0.15) is 17.7 Å². The molecule has 1 aromatic rings. The molecule has 0 atom stereocenters. The molecule has 0 amide bonds. The van der Waals surface area contributed by atoms with Crippen LogP contribution in [-0.4, -0.2) is 18.1 Å². The van der Waals surface area contributed by atoms with Gasteiger partial charge in [-0.15, -0.1) is 0 Å². The van der Waals surface area contributed by atoms with Gasteiger partial charge in [-0.3, -0.25) is 4.79 Å². The number of hydrogen-bond donors (Lipinski definition) is 1. The molecule has 1 heterocycles. The number of methoxy groups -OCH3 is 1. The zero-order valence-electron chi connectivity index (χ0n) is 8.34. The highest BCUT2D eigenvalue weighted by molar-refractivity contribution is 6.29. The lowest BCUT2D eigenvalue weighted by atomic mass is 10.1. The van der Waals surface area contributed by atoms with E-state index in [1.807, 2.05) is 0 Å². The molecule has 0 spiro atoms. The van der Waals surface area contributed by atoms with Crippen molar-refractivity contribution in [2.45, 2.75) is 12.8 Å². The summed E-state index contributed by atoms with van der Waals surface area (Å²) in [7, 11) is 1.19. The number of esters is 1. The van der Waals surface area contributed by atoms with Crippen LogP contribution in [0, 0.1) is 0 Å². The van der Waals surface area contributed by atoms with Gasteiger partial charge in [0, 0.05) is 0 Å². The van der Waals surface area contributed by atoms with Crippen molar-refractivity contribution in [3.63, 3.8) is 0 Å². The van der Waals surface area contributed by atoms with Crippen molar-refractivity contribution in [2.75, 3.05) is 12.8 Å². The normalized spacial score (nSPS) is 10.6. The van der Waals surface area contributed by atoms with Gasteiger partial charge in [-0.2, -0.15) is 0 Å². The summed E-state index contributed by atoms with van der Waals surface area (Å²) in [5.74, 6) is -0.589. The van der Waals surface area contributed by atoms with Crippen LogP contribution in [0.5, 0.6) is 0 Å². The molecule has 16 heavy (non-hydrogen) atoms. The second-order valence-corrected chi connectivity index (χ2v) is 3.34. The Hall–Kier alpha value is -1.43. The quantitative estimate of drug-likeness (QED) is 0.658. The fourth-order valence-corrected chi connectivity index (χ4v) is 1.36. The molecule has 1 rings (SSSR count). The summed E-state index contributed by atoms with van der Waals surface area (Å²) in [5, 5.41) is -0.136. The predicted octanol–water partition coefficient (Wildman–Crippen LogP) is 1.97. The third-order valence-electron chi connectivity index (χ3n) is 1.91. The Balaban J connectivity index is 3.14. The number of nitrogens with zero attached hydrogens (tertiary/aromatic N) is 1. The van der Waals surface area contributed by atoms with E-state index in [9.17, 15) is 13.6 Å². The fourth-order valence-electron chi connectivity index (χ4n) is 1.13. The Labute approximate surface area is 95.4 Å². The SMILES string of the molecule is COC(=O)Cc1cc(Cl)nc(C(F)F)c1N. The summed E-state index contributed by atoms with van der Waals surface area (Å²) in [6, 6.07) is 1.26. The highest BCUT2D eigenvalue weighted by Crippen LogP contribution is 2.28. The fraction of sp³-hybridized carbons (Fsp3) is 0.333. The number of anilines is 1. The maximum atomic E-state index is 12.5. The van der Waals surface area contributed by atoms with Gasteiger partial charge in [-0.05, 0) is 11.6 Å². The molecule has 0 aromatic carbocycles. The van der Waals surface area contributed by atoms with E-state index in [0.717, 1.165) is 0 Å². The Bertz CT molecular complexity index is 413. The van der Waals surface area contributed by atoms with Gasteiger partial charge in [-0.25, -0.2) is 13.8 Å². The molecule has 4 nitrogen and oxygen atoms in total. The number of rotatable bonds is 3. The van der Waals surface area contributed by atoms with E-state index in [0.29, 0.717) is 0 Å². The molecule has 88 valence electrons. The van der Waals surface area contributed by atoms with Crippen LogP contribution in [0.4, 0.5) is 14.5 Å². The first-order chi connectivity index (χ1) is 7.45. The second-order valence-electron chi connectivity index (χ2n) is 2.96. The minimum Gasteiger partial charge on any atom is -0.469 e. The zero-order valence-corrected chi connectivity index (χ0v) is 9.09. The first kappa shape index (κ1) is 12.6. The number of nitrogen functional groups attached to an aromatic ring is 1. The van der Waals surface area contributed by atoms with Gasteiger partial charge < -0.3 is 10.5 Å². The highest BCUT2D eigenvalue weighted by atomic mass is 35.5. The van der Waals surface area contributed by atoms with Gasteiger partial charge in [0.25, 0.3) is 6.43 Å². The largest absolute Gasteiger partial charge is 0.469 e. The van der Waals surface area contributed by atoms with Gasteiger partial charge in [-0.1, -0.05) is 11.6 Å². The number of pyridine rings is 1. The zero-order chi connectivity index (χ0) is 12.3. The summed E-state index contributed by atoms with van der Waals surface area (Å²) >= 11 is 5.54. The van der Waals surface area contributed by atoms with Gasteiger partial charge >= 0.3 is 5.97 Å². The number of aromatic nitrogens is 1. The van der Waals surface area contributed by atoms with Crippen LogP contribution in [0.15, 0.2) is 6.07 Å². The lowest BCUT2D eigenvalue weighted by Gasteiger charge is -2.09. The van der Waals surface area contributed by atoms with Gasteiger partial charge in [0.1, 0.15) is 10.8 Å².